The molecular weight excluding hydrogens is 450 g/mol. The molecule has 8 heteroatoms. The van der Waals surface area contributed by atoms with Gasteiger partial charge in [-0.15, -0.1) is 0 Å². The summed E-state index contributed by atoms with van der Waals surface area (Å²) in [6, 6.07) is 6.37. The standard InChI is InChI=1S/C27H30F2N4O2/c1-30-27(34)23-5-4-12-33(23,2)18-9-6-16(7-10-18)22-14-20-25(21(29)15-31-26(20)32-22)19-13-17(28)8-11-24(19)35-3/h6,8,11,13-15,18,23H,4-5,7,9-10,12H2,1-3H3,(H-,30,31,32,34)/p+1/t18?,23-,33?/m0/s1. The molecule has 5 rings (SSSR count). The summed E-state index contributed by atoms with van der Waals surface area (Å²) < 4.78 is 35.2. The number of ether oxygens (including phenoxy) is 1. The number of halogens is 2. The van der Waals surface area contributed by atoms with Crippen molar-refractivity contribution >= 4 is 22.5 Å². The molecular formula is C27H31F2N4O2+. The smallest absolute Gasteiger partial charge is 0.278 e. The maximum Gasteiger partial charge on any atom is 0.278 e. The van der Waals surface area contributed by atoms with E-state index in [2.05, 4.69) is 28.4 Å². The van der Waals surface area contributed by atoms with E-state index in [9.17, 15) is 13.6 Å². The number of methoxy groups -OCH3 is 1. The van der Waals surface area contributed by atoms with Gasteiger partial charge in [-0.1, -0.05) is 6.08 Å². The van der Waals surface area contributed by atoms with E-state index in [4.69, 9.17) is 4.74 Å². The lowest BCUT2D eigenvalue weighted by molar-refractivity contribution is -0.936. The van der Waals surface area contributed by atoms with E-state index >= 15 is 0 Å². The number of hydrogen-bond acceptors (Lipinski definition) is 3. The van der Waals surface area contributed by atoms with Crippen molar-refractivity contribution in [3.63, 3.8) is 0 Å². The normalized spacial score (nSPS) is 24.4. The van der Waals surface area contributed by atoms with Crippen molar-refractivity contribution in [2.45, 2.75) is 44.2 Å². The molecule has 35 heavy (non-hydrogen) atoms. The molecule has 184 valence electrons. The van der Waals surface area contributed by atoms with Crippen molar-refractivity contribution in [1.29, 1.82) is 0 Å². The van der Waals surface area contributed by atoms with E-state index < -0.39 is 11.6 Å². The number of H-pyrrole nitrogens is 1. The van der Waals surface area contributed by atoms with Crippen LogP contribution in [0.3, 0.4) is 0 Å². The van der Waals surface area contributed by atoms with Crippen LogP contribution in [0.1, 0.15) is 37.8 Å². The zero-order valence-corrected chi connectivity index (χ0v) is 20.3. The van der Waals surface area contributed by atoms with E-state index in [1.54, 1.807) is 7.05 Å². The number of amides is 1. The number of hydrogen-bond donors (Lipinski definition) is 2. The lowest BCUT2D eigenvalue weighted by Crippen LogP contribution is -2.60. The second kappa shape index (κ2) is 9.07. The largest absolute Gasteiger partial charge is 0.496 e. The second-order valence-electron chi connectivity index (χ2n) is 9.77. The molecule has 2 unspecified atom stereocenters. The molecule has 1 fully saturated rings. The third kappa shape index (κ3) is 3.99. The zero-order chi connectivity index (χ0) is 24.7. The highest BCUT2D eigenvalue weighted by Gasteiger charge is 2.47. The summed E-state index contributed by atoms with van der Waals surface area (Å²) in [5.41, 5.74) is 3.21. The Kier molecular flexibility index (Phi) is 6.09. The topological polar surface area (TPSA) is 67.0 Å². The highest BCUT2D eigenvalue weighted by molar-refractivity contribution is 5.97. The van der Waals surface area contributed by atoms with E-state index in [1.807, 2.05) is 6.07 Å². The number of nitrogens with zero attached hydrogens (tertiary/aromatic N) is 2. The molecule has 0 radical (unpaired) electrons. The van der Waals surface area contributed by atoms with Gasteiger partial charge < -0.3 is 19.5 Å². The Balaban J connectivity index is 1.48. The average molecular weight is 482 g/mol. The summed E-state index contributed by atoms with van der Waals surface area (Å²) in [5.74, 6) is -0.468. The number of nitrogens with one attached hydrogen (secondary N) is 2. The van der Waals surface area contributed by atoms with Crippen molar-refractivity contribution in [3.8, 4) is 16.9 Å². The number of rotatable bonds is 5. The van der Waals surface area contributed by atoms with Crippen molar-refractivity contribution in [3.05, 3.63) is 53.9 Å². The molecule has 1 saturated heterocycles. The first-order valence-corrected chi connectivity index (χ1v) is 12.1. The molecule has 2 N–H and O–H groups in total. The average Bonchev–Trinajstić information content (AvgIpc) is 3.48. The molecule has 0 saturated carbocycles. The van der Waals surface area contributed by atoms with Crippen LogP contribution in [0, 0.1) is 11.6 Å². The third-order valence-electron chi connectivity index (χ3n) is 7.98. The van der Waals surface area contributed by atoms with Crippen molar-refractivity contribution in [2.24, 2.45) is 0 Å². The fourth-order valence-corrected chi connectivity index (χ4v) is 6.05. The van der Waals surface area contributed by atoms with Gasteiger partial charge in [-0.05, 0) is 36.3 Å². The number of carbonyl (C=O) groups is 1. The molecule has 0 spiro atoms. The highest BCUT2D eigenvalue weighted by atomic mass is 19.1. The van der Waals surface area contributed by atoms with Crippen LogP contribution in [0.25, 0.3) is 27.7 Å². The summed E-state index contributed by atoms with van der Waals surface area (Å²) in [6.07, 6.45) is 8.08. The van der Waals surface area contributed by atoms with Crippen LogP contribution in [0.15, 0.2) is 36.5 Å². The number of likely N-dealkylation sites (tertiary alicyclic amines) is 1. The first kappa shape index (κ1) is 23.5. The van der Waals surface area contributed by atoms with Crippen LogP contribution < -0.4 is 10.1 Å². The van der Waals surface area contributed by atoms with Crippen LogP contribution in [-0.4, -0.2) is 60.2 Å². The lowest BCUT2D eigenvalue weighted by atomic mass is 9.90. The monoisotopic (exact) mass is 481 g/mol. The SMILES string of the molecule is CNC(=O)[C@@H]1CCC[N+]1(C)C1CC=C(c2cc3c(-c4cc(F)ccc4OC)c(F)cnc3[nH]2)CC1. The number of aromatic amines is 1. The lowest BCUT2D eigenvalue weighted by Gasteiger charge is -2.43. The molecule has 3 atom stereocenters. The first-order chi connectivity index (χ1) is 16.9. The quantitative estimate of drug-likeness (QED) is 0.514. The van der Waals surface area contributed by atoms with Crippen molar-refractivity contribution in [1.82, 2.24) is 15.3 Å². The number of benzene rings is 1. The zero-order valence-electron chi connectivity index (χ0n) is 20.3. The van der Waals surface area contributed by atoms with Gasteiger partial charge in [-0.25, -0.2) is 13.8 Å². The third-order valence-corrected chi connectivity index (χ3v) is 7.98. The fourth-order valence-electron chi connectivity index (χ4n) is 6.05. The van der Waals surface area contributed by atoms with Crippen molar-refractivity contribution < 1.29 is 22.8 Å². The predicted molar refractivity (Wildman–Crippen MR) is 132 cm³/mol. The Bertz CT molecular complexity index is 1320. The van der Waals surface area contributed by atoms with Crippen LogP contribution in [0.4, 0.5) is 8.78 Å². The molecule has 3 aromatic rings. The molecule has 1 amide bonds. The number of likely N-dealkylation sites (N-methyl/N-ethyl adjacent to an activating group) is 2. The van der Waals surface area contributed by atoms with Gasteiger partial charge in [-0.2, -0.15) is 0 Å². The van der Waals surface area contributed by atoms with E-state index in [-0.39, 0.29) is 17.5 Å². The number of fused-ring (bicyclic) bond motifs is 1. The Morgan fingerprint density at radius 3 is 2.80 bits per heavy atom. The van der Waals surface area contributed by atoms with Crippen LogP contribution in [0.2, 0.25) is 0 Å². The highest BCUT2D eigenvalue weighted by Crippen LogP contribution is 2.40. The molecule has 1 aliphatic carbocycles. The molecule has 6 nitrogen and oxygen atoms in total. The predicted octanol–water partition coefficient (Wildman–Crippen LogP) is 4.81. The maximum atomic E-state index is 15.0. The Labute approximate surface area is 203 Å². The first-order valence-electron chi connectivity index (χ1n) is 12.1. The van der Waals surface area contributed by atoms with Crippen molar-refractivity contribution in [2.75, 3.05) is 27.7 Å². The number of carbonyl (C=O) groups excluding carboxylic acids is 1. The minimum absolute atomic E-state index is 0.00371. The summed E-state index contributed by atoms with van der Waals surface area (Å²) >= 11 is 0. The van der Waals surface area contributed by atoms with Crippen LogP contribution >= 0.6 is 0 Å². The Hall–Kier alpha value is -3.26. The van der Waals surface area contributed by atoms with E-state index in [0.717, 1.165) is 60.6 Å². The van der Waals surface area contributed by atoms with Gasteiger partial charge in [0.2, 0.25) is 0 Å². The van der Waals surface area contributed by atoms with Gasteiger partial charge in [-0.3, -0.25) is 4.79 Å². The number of aromatic nitrogens is 2. The Morgan fingerprint density at radius 2 is 2.09 bits per heavy atom. The molecule has 0 bridgehead atoms. The molecule has 2 aliphatic rings. The minimum atomic E-state index is -0.531. The van der Waals surface area contributed by atoms with Gasteiger partial charge in [0.05, 0.1) is 32.9 Å². The van der Waals surface area contributed by atoms with Crippen LogP contribution in [-0.2, 0) is 4.79 Å². The summed E-state index contributed by atoms with van der Waals surface area (Å²) in [4.78, 5) is 20.1. The van der Waals surface area contributed by atoms with Gasteiger partial charge >= 0.3 is 0 Å². The van der Waals surface area contributed by atoms with Gasteiger partial charge in [0, 0.05) is 54.9 Å². The maximum absolute atomic E-state index is 15.0. The van der Waals surface area contributed by atoms with Crippen LogP contribution in [0.5, 0.6) is 5.75 Å². The van der Waals surface area contributed by atoms with Gasteiger partial charge in [0.1, 0.15) is 23.0 Å². The second-order valence-corrected chi connectivity index (χ2v) is 9.77. The van der Waals surface area contributed by atoms with E-state index in [0.29, 0.717) is 28.4 Å². The number of quaternary nitrogens is 1. The number of allylic oxidation sites excluding steroid dienone is 1. The Morgan fingerprint density at radius 1 is 1.26 bits per heavy atom. The summed E-state index contributed by atoms with van der Waals surface area (Å²) in [6.45, 7) is 1.01. The summed E-state index contributed by atoms with van der Waals surface area (Å²) in [7, 11) is 5.41. The molecule has 2 aromatic heterocycles. The summed E-state index contributed by atoms with van der Waals surface area (Å²) in [5, 5.41) is 3.43. The minimum Gasteiger partial charge on any atom is -0.496 e. The van der Waals surface area contributed by atoms with E-state index in [1.165, 1.54) is 25.3 Å². The number of pyridine rings is 1. The van der Waals surface area contributed by atoms with Gasteiger partial charge in [0.15, 0.2) is 6.04 Å². The molecule has 1 aromatic carbocycles. The van der Waals surface area contributed by atoms with Gasteiger partial charge in [0.25, 0.3) is 5.91 Å². The molecule has 3 heterocycles. The molecule has 1 aliphatic heterocycles. The fraction of sp³-hybridized carbons (Fsp3) is 0.407.